The van der Waals surface area contributed by atoms with Gasteiger partial charge in [-0.2, -0.15) is 0 Å². The van der Waals surface area contributed by atoms with E-state index in [-0.39, 0.29) is 56.9 Å². The first-order valence-corrected chi connectivity index (χ1v) is 21.8. The van der Waals surface area contributed by atoms with E-state index in [1.54, 1.807) is 50.2 Å². The van der Waals surface area contributed by atoms with Gasteiger partial charge in [0, 0.05) is 43.2 Å². The molecular formula is C47H59N9O9. The normalized spacial score (nSPS) is 18.2. The molecule has 0 saturated heterocycles. The number of carboxylic acid groups (broad SMARTS) is 1. The quantitative estimate of drug-likeness (QED) is 0.0804. The summed E-state index contributed by atoms with van der Waals surface area (Å²) in [6.45, 7) is 7.54. The summed E-state index contributed by atoms with van der Waals surface area (Å²) in [4.78, 5) is 79.6. The fourth-order valence-corrected chi connectivity index (χ4v) is 7.86. The average molecular weight is 894 g/mol. The van der Waals surface area contributed by atoms with Crippen LogP contribution in [0.5, 0.6) is 17.2 Å². The van der Waals surface area contributed by atoms with Crippen molar-refractivity contribution in [3.63, 3.8) is 0 Å². The van der Waals surface area contributed by atoms with E-state index in [0.717, 1.165) is 30.6 Å². The highest BCUT2D eigenvalue weighted by molar-refractivity contribution is 6.00. The Morgan fingerprint density at radius 3 is 2.06 bits per heavy atom. The van der Waals surface area contributed by atoms with Gasteiger partial charge in [0.15, 0.2) is 5.82 Å². The van der Waals surface area contributed by atoms with Gasteiger partial charge in [0.25, 0.3) is 5.91 Å². The highest BCUT2D eigenvalue weighted by Gasteiger charge is 2.43. The van der Waals surface area contributed by atoms with Crippen molar-refractivity contribution in [2.75, 3.05) is 39.9 Å². The number of likely N-dealkylation sites (N-methyl/N-ethyl adjacent to an activating group) is 1. The maximum Gasteiger partial charge on any atom is 0.326 e. The third-order valence-corrected chi connectivity index (χ3v) is 11.6. The van der Waals surface area contributed by atoms with Crippen LogP contribution >= 0.6 is 0 Å². The Hall–Kier alpha value is -6.63. The molecule has 18 heteroatoms. The molecule has 18 nitrogen and oxygen atoms in total. The number of carboxylic acids is 1. The summed E-state index contributed by atoms with van der Waals surface area (Å²) < 4.78 is 18.3. The molecule has 10 N–H and O–H groups in total. The maximum atomic E-state index is 14.7. The zero-order valence-electron chi connectivity index (χ0n) is 37.4. The van der Waals surface area contributed by atoms with Crippen molar-refractivity contribution in [3.05, 3.63) is 88.7 Å². The van der Waals surface area contributed by atoms with Crippen LogP contribution in [0, 0.1) is 13.8 Å². The number of amides is 4. The van der Waals surface area contributed by atoms with Crippen molar-refractivity contribution in [2.45, 2.75) is 89.6 Å². The van der Waals surface area contributed by atoms with E-state index in [1.165, 1.54) is 18.9 Å². The molecule has 0 unspecified atom stereocenters. The van der Waals surface area contributed by atoms with Gasteiger partial charge in [-0.05, 0) is 113 Å². The monoisotopic (exact) mass is 893 g/mol. The molecule has 4 amide bonds. The molecule has 4 aromatic rings. The number of aryl methyl sites for hydroxylation is 2. The van der Waals surface area contributed by atoms with E-state index in [9.17, 15) is 29.1 Å². The zero-order chi connectivity index (χ0) is 47.0. The lowest BCUT2D eigenvalue weighted by Crippen LogP contribution is -2.55. The molecule has 346 valence electrons. The Morgan fingerprint density at radius 1 is 0.877 bits per heavy atom. The van der Waals surface area contributed by atoms with Gasteiger partial charge in [0.2, 0.25) is 17.7 Å². The minimum atomic E-state index is -1.41. The molecule has 6 rings (SSSR count). The number of fused-ring (bicyclic) bond motifs is 5. The number of aliphatic carboxylic acids is 1. The molecule has 3 aromatic carbocycles. The number of hydrogen-bond acceptors (Lipinski definition) is 13. The van der Waals surface area contributed by atoms with Crippen LogP contribution in [0.3, 0.4) is 0 Å². The number of ether oxygens (including phenoxy) is 3. The van der Waals surface area contributed by atoms with Gasteiger partial charge in [-0.1, -0.05) is 19.1 Å². The number of rotatable bonds is 17. The number of nitrogens with one attached hydrogen (secondary N) is 3. The van der Waals surface area contributed by atoms with E-state index >= 15 is 0 Å². The fourth-order valence-electron chi connectivity index (χ4n) is 7.86. The van der Waals surface area contributed by atoms with Crippen molar-refractivity contribution >= 4 is 29.6 Å². The van der Waals surface area contributed by atoms with Crippen LogP contribution in [0.1, 0.15) is 78.4 Å². The standard InChI is InChI=1S/C47H59N9O9/c1-6-47(16-17-47)65-32-11-8-30(9-12-32)41-51-26(2)39(27(3)52-41)43(58)54-35(15-18-48)45(60)56(5)40-31-10-14-38(64-22-20-50)34(25-31)33-23-29(7-13-37(33)63-21-19-49)24-36(46(61)62)55-42(57)28(4)53-44(40)59/h7-14,23,25,28,35-36,40H,6,15-22,24,48-50H2,1-5H3,(H,53,59)(H,54,58)(H,55,57)(H,61,62)/t28-,35-,36-,40-/m0/s1. The Labute approximate surface area is 378 Å². The highest BCUT2D eigenvalue weighted by atomic mass is 16.5. The molecule has 1 saturated carbocycles. The lowest BCUT2D eigenvalue weighted by Gasteiger charge is -2.32. The van der Waals surface area contributed by atoms with Gasteiger partial charge in [-0.25, -0.2) is 14.8 Å². The lowest BCUT2D eigenvalue weighted by atomic mass is 9.93. The molecule has 0 spiro atoms. The first kappa shape index (κ1) is 47.8. The summed E-state index contributed by atoms with van der Waals surface area (Å²) in [7, 11) is 1.41. The zero-order valence-corrected chi connectivity index (χ0v) is 37.4. The van der Waals surface area contributed by atoms with Gasteiger partial charge in [0.1, 0.15) is 60.2 Å². The first-order chi connectivity index (χ1) is 31.1. The van der Waals surface area contributed by atoms with E-state index in [2.05, 4.69) is 32.8 Å². The molecule has 4 bridgehead atoms. The summed E-state index contributed by atoms with van der Waals surface area (Å²) in [5, 5.41) is 18.1. The predicted octanol–water partition coefficient (Wildman–Crippen LogP) is 2.70. The molecule has 2 heterocycles. The van der Waals surface area contributed by atoms with Crippen LogP contribution in [0.4, 0.5) is 0 Å². The molecular weight excluding hydrogens is 835 g/mol. The third kappa shape index (κ3) is 11.2. The minimum absolute atomic E-state index is 0.00480. The lowest BCUT2D eigenvalue weighted by molar-refractivity contribution is -0.143. The Bertz CT molecular complexity index is 2380. The molecule has 65 heavy (non-hydrogen) atoms. The second-order valence-electron chi connectivity index (χ2n) is 16.4. The Morgan fingerprint density at radius 2 is 1.49 bits per heavy atom. The molecule has 0 radical (unpaired) electrons. The van der Waals surface area contributed by atoms with E-state index in [4.69, 9.17) is 31.4 Å². The van der Waals surface area contributed by atoms with E-state index in [1.807, 2.05) is 24.3 Å². The minimum Gasteiger partial charge on any atom is -0.492 e. The van der Waals surface area contributed by atoms with Crippen LogP contribution in [0.15, 0.2) is 60.7 Å². The molecule has 1 aromatic heterocycles. The summed E-state index contributed by atoms with van der Waals surface area (Å²) in [6.07, 6.45) is 2.89. The Kier molecular flexibility index (Phi) is 15.4. The summed E-state index contributed by atoms with van der Waals surface area (Å²) in [6, 6.07) is 12.3. The van der Waals surface area contributed by atoms with Crippen LogP contribution in [0.25, 0.3) is 22.5 Å². The third-order valence-electron chi connectivity index (χ3n) is 11.6. The number of carbonyl (C=O) groups is 5. The molecule has 1 aliphatic heterocycles. The van der Waals surface area contributed by atoms with Gasteiger partial charge in [-0.15, -0.1) is 0 Å². The summed E-state index contributed by atoms with van der Waals surface area (Å²) in [5.41, 5.74) is 21.0. The van der Waals surface area contributed by atoms with Gasteiger partial charge in [-0.3, -0.25) is 19.2 Å². The van der Waals surface area contributed by atoms with E-state index < -0.39 is 53.8 Å². The van der Waals surface area contributed by atoms with Crippen molar-refractivity contribution in [1.29, 1.82) is 0 Å². The van der Waals surface area contributed by atoms with Crippen molar-refractivity contribution < 1.29 is 43.3 Å². The summed E-state index contributed by atoms with van der Waals surface area (Å²) >= 11 is 0. The van der Waals surface area contributed by atoms with Crippen LogP contribution in [-0.2, 0) is 25.6 Å². The van der Waals surface area contributed by atoms with Gasteiger partial charge in [0.05, 0.1) is 17.0 Å². The van der Waals surface area contributed by atoms with Crippen LogP contribution in [-0.4, -0.2) is 113 Å². The number of carbonyl (C=O) groups excluding carboxylic acids is 4. The summed E-state index contributed by atoms with van der Waals surface area (Å²) in [5.74, 6) is -2.19. The number of nitrogens with two attached hydrogens (primary N) is 3. The Balaban J connectivity index is 1.35. The number of hydrogen-bond donors (Lipinski definition) is 7. The fraction of sp³-hybridized carbons (Fsp3) is 0.426. The van der Waals surface area contributed by atoms with Gasteiger partial charge < -0.3 is 57.4 Å². The SMILES string of the molecule is CCC1(Oc2ccc(-c3nc(C)c(C(=O)N[C@@H](CCN)C(=O)N(C)[C@@H]4C(=O)N[C@@H](C)C(=O)N[C@H](C(=O)O)Cc5ccc(OCCN)c(c5)-c5cc4ccc5OCCN)c(C)n3)cc2)CC1. The molecule has 1 fully saturated rings. The van der Waals surface area contributed by atoms with Crippen LogP contribution in [0.2, 0.25) is 0 Å². The highest BCUT2D eigenvalue weighted by Crippen LogP contribution is 2.43. The topological polar surface area (TPSA) is 276 Å². The van der Waals surface area contributed by atoms with Crippen LogP contribution < -0.4 is 47.4 Å². The van der Waals surface area contributed by atoms with Crippen molar-refractivity contribution in [1.82, 2.24) is 30.8 Å². The smallest absolute Gasteiger partial charge is 0.326 e. The molecule has 2 aliphatic rings. The average Bonchev–Trinajstić information content (AvgIpc) is 4.06. The van der Waals surface area contributed by atoms with Crippen molar-refractivity contribution in [3.8, 4) is 39.8 Å². The van der Waals surface area contributed by atoms with Crippen molar-refractivity contribution in [2.24, 2.45) is 17.2 Å². The number of aromatic nitrogens is 2. The largest absolute Gasteiger partial charge is 0.492 e. The number of nitrogens with zero attached hydrogens (tertiary/aromatic N) is 3. The van der Waals surface area contributed by atoms with Gasteiger partial charge >= 0.3 is 5.97 Å². The number of benzene rings is 3. The molecule has 1 aliphatic carbocycles. The predicted molar refractivity (Wildman–Crippen MR) is 242 cm³/mol. The first-order valence-electron chi connectivity index (χ1n) is 21.8. The molecule has 4 atom stereocenters. The second-order valence-corrected chi connectivity index (χ2v) is 16.4. The maximum absolute atomic E-state index is 14.7. The van der Waals surface area contributed by atoms with E-state index in [0.29, 0.717) is 51.0 Å². The second kappa shape index (κ2) is 20.9.